The summed E-state index contributed by atoms with van der Waals surface area (Å²) in [6.07, 6.45) is 1.23. The molecule has 3 N–H and O–H groups in total. The summed E-state index contributed by atoms with van der Waals surface area (Å²) in [5, 5.41) is 3.41. The van der Waals surface area contributed by atoms with E-state index in [4.69, 9.17) is 5.73 Å². The second-order valence-corrected chi connectivity index (χ2v) is 5.15. The minimum atomic E-state index is 0.424. The predicted molar refractivity (Wildman–Crippen MR) is 59.8 cm³/mol. The van der Waals surface area contributed by atoms with E-state index in [0.29, 0.717) is 11.5 Å². The van der Waals surface area contributed by atoms with E-state index >= 15 is 0 Å². The van der Waals surface area contributed by atoms with E-state index in [9.17, 15) is 0 Å². The molecule has 0 radical (unpaired) electrons. The molecule has 0 aliphatic heterocycles. The van der Waals surface area contributed by atoms with Gasteiger partial charge in [0.25, 0.3) is 0 Å². The van der Waals surface area contributed by atoms with Crippen LogP contribution in [0.1, 0.15) is 41.0 Å². The third kappa shape index (κ3) is 6.05. The Morgan fingerprint density at radius 2 is 1.77 bits per heavy atom. The molecule has 0 bridgehead atoms. The summed E-state index contributed by atoms with van der Waals surface area (Å²) in [6, 6.07) is 0.451. The number of hydrogen-bond donors (Lipinski definition) is 2. The van der Waals surface area contributed by atoms with Crippen molar-refractivity contribution >= 4 is 0 Å². The Hall–Kier alpha value is -0.0800. The molecule has 80 valence electrons. The van der Waals surface area contributed by atoms with E-state index in [-0.39, 0.29) is 0 Å². The van der Waals surface area contributed by atoms with Gasteiger partial charge < -0.3 is 11.1 Å². The predicted octanol–water partition coefficient (Wildman–Crippen LogP) is 2.00. The highest BCUT2D eigenvalue weighted by atomic mass is 14.9. The molecule has 0 heterocycles. The first-order valence-corrected chi connectivity index (χ1v) is 5.31. The van der Waals surface area contributed by atoms with Crippen molar-refractivity contribution < 1.29 is 0 Å². The Bertz CT molecular complexity index is 127. The van der Waals surface area contributed by atoms with Crippen LogP contribution in [0.25, 0.3) is 0 Å². The highest BCUT2D eigenvalue weighted by Gasteiger charge is 2.19. The monoisotopic (exact) mass is 186 g/mol. The molecule has 0 aliphatic rings. The lowest BCUT2D eigenvalue weighted by Crippen LogP contribution is -2.35. The first kappa shape index (κ1) is 12.9. The SMILES string of the molecule is CC(CCN[C@H](C)CN)C(C)(C)C. The Balaban J connectivity index is 3.54. The Kier molecular flexibility index (Phi) is 5.57. The fraction of sp³-hybridized carbons (Fsp3) is 1.00. The number of nitrogens with one attached hydrogen (secondary N) is 1. The third-order valence-corrected chi connectivity index (χ3v) is 2.90. The van der Waals surface area contributed by atoms with Crippen molar-refractivity contribution in [3.8, 4) is 0 Å². The molecule has 0 amide bonds. The van der Waals surface area contributed by atoms with Crippen molar-refractivity contribution in [1.29, 1.82) is 0 Å². The summed E-state index contributed by atoms with van der Waals surface area (Å²) in [7, 11) is 0. The van der Waals surface area contributed by atoms with E-state index in [1.54, 1.807) is 0 Å². The van der Waals surface area contributed by atoms with Gasteiger partial charge in [-0.05, 0) is 31.2 Å². The summed E-state index contributed by atoms with van der Waals surface area (Å²) in [6.45, 7) is 13.1. The molecule has 0 aliphatic carbocycles. The van der Waals surface area contributed by atoms with E-state index in [0.717, 1.165) is 19.0 Å². The molecule has 0 aromatic carbocycles. The third-order valence-electron chi connectivity index (χ3n) is 2.90. The van der Waals surface area contributed by atoms with Crippen molar-refractivity contribution in [3.05, 3.63) is 0 Å². The summed E-state index contributed by atoms with van der Waals surface area (Å²) in [5.41, 5.74) is 5.94. The van der Waals surface area contributed by atoms with Crippen molar-refractivity contribution in [1.82, 2.24) is 5.32 Å². The van der Waals surface area contributed by atoms with Crippen LogP contribution in [0, 0.1) is 11.3 Å². The average Bonchev–Trinajstić information content (AvgIpc) is 2.02. The standard InChI is InChI=1S/C11H26N2/c1-9(11(3,4)5)6-7-13-10(2)8-12/h9-10,13H,6-8,12H2,1-5H3/t9?,10-/m1/s1. The highest BCUT2D eigenvalue weighted by Crippen LogP contribution is 2.27. The molecular weight excluding hydrogens is 160 g/mol. The summed E-state index contributed by atoms with van der Waals surface area (Å²) >= 11 is 0. The quantitative estimate of drug-likeness (QED) is 0.689. The van der Waals surface area contributed by atoms with Crippen molar-refractivity contribution in [2.24, 2.45) is 17.1 Å². The minimum Gasteiger partial charge on any atom is -0.329 e. The van der Waals surface area contributed by atoms with E-state index in [2.05, 4.69) is 39.9 Å². The molecule has 2 atom stereocenters. The number of rotatable bonds is 5. The lowest BCUT2D eigenvalue weighted by Gasteiger charge is -2.27. The maximum atomic E-state index is 5.51. The van der Waals surface area contributed by atoms with E-state index in [1.165, 1.54) is 6.42 Å². The zero-order chi connectivity index (χ0) is 10.5. The number of nitrogens with two attached hydrogens (primary N) is 1. The van der Waals surface area contributed by atoms with Gasteiger partial charge in [0.05, 0.1) is 0 Å². The van der Waals surface area contributed by atoms with Gasteiger partial charge in [-0.2, -0.15) is 0 Å². The zero-order valence-corrected chi connectivity index (χ0v) is 9.85. The molecule has 0 spiro atoms. The molecule has 0 saturated heterocycles. The fourth-order valence-corrected chi connectivity index (χ4v) is 1.06. The minimum absolute atomic E-state index is 0.424. The topological polar surface area (TPSA) is 38.0 Å². The summed E-state index contributed by atoms with van der Waals surface area (Å²) < 4.78 is 0. The maximum absolute atomic E-state index is 5.51. The summed E-state index contributed by atoms with van der Waals surface area (Å²) in [4.78, 5) is 0. The van der Waals surface area contributed by atoms with Crippen molar-refractivity contribution in [3.63, 3.8) is 0 Å². The molecule has 2 nitrogen and oxygen atoms in total. The van der Waals surface area contributed by atoms with Gasteiger partial charge in [-0.3, -0.25) is 0 Å². The van der Waals surface area contributed by atoms with Crippen LogP contribution in [-0.2, 0) is 0 Å². The van der Waals surface area contributed by atoms with Crippen LogP contribution in [0.3, 0.4) is 0 Å². The largest absolute Gasteiger partial charge is 0.329 e. The van der Waals surface area contributed by atoms with Crippen LogP contribution >= 0.6 is 0 Å². The fourth-order valence-electron chi connectivity index (χ4n) is 1.06. The molecular formula is C11H26N2. The molecule has 0 fully saturated rings. The van der Waals surface area contributed by atoms with Crippen LogP contribution in [-0.4, -0.2) is 19.1 Å². The smallest absolute Gasteiger partial charge is 0.0161 e. The van der Waals surface area contributed by atoms with Gasteiger partial charge in [0.2, 0.25) is 0 Å². The van der Waals surface area contributed by atoms with Gasteiger partial charge in [-0.15, -0.1) is 0 Å². The van der Waals surface area contributed by atoms with Crippen LogP contribution in [0.5, 0.6) is 0 Å². The molecule has 1 unspecified atom stereocenters. The molecule has 0 rings (SSSR count). The van der Waals surface area contributed by atoms with Gasteiger partial charge in [0.1, 0.15) is 0 Å². The van der Waals surface area contributed by atoms with Crippen LogP contribution < -0.4 is 11.1 Å². The molecule has 13 heavy (non-hydrogen) atoms. The lowest BCUT2D eigenvalue weighted by atomic mass is 9.80. The second-order valence-electron chi connectivity index (χ2n) is 5.15. The zero-order valence-electron chi connectivity index (χ0n) is 9.85. The van der Waals surface area contributed by atoms with Gasteiger partial charge in [-0.1, -0.05) is 27.7 Å². The summed E-state index contributed by atoms with van der Waals surface area (Å²) in [5.74, 6) is 0.755. The van der Waals surface area contributed by atoms with Crippen LogP contribution in [0.4, 0.5) is 0 Å². The first-order valence-electron chi connectivity index (χ1n) is 5.31. The van der Waals surface area contributed by atoms with E-state index in [1.807, 2.05) is 0 Å². The number of hydrogen-bond acceptors (Lipinski definition) is 2. The average molecular weight is 186 g/mol. The highest BCUT2D eigenvalue weighted by molar-refractivity contribution is 4.71. The second kappa shape index (κ2) is 5.61. The Morgan fingerprint density at radius 1 is 1.23 bits per heavy atom. The van der Waals surface area contributed by atoms with Crippen molar-refractivity contribution in [2.75, 3.05) is 13.1 Å². The Morgan fingerprint density at radius 3 is 2.15 bits per heavy atom. The normalized spacial score (nSPS) is 17.1. The van der Waals surface area contributed by atoms with Gasteiger partial charge in [-0.25, -0.2) is 0 Å². The van der Waals surface area contributed by atoms with Crippen LogP contribution in [0.2, 0.25) is 0 Å². The Labute approximate surface area is 83.3 Å². The van der Waals surface area contributed by atoms with Crippen molar-refractivity contribution in [2.45, 2.75) is 47.1 Å². The molecule has 2 heteroatoms. The van der Waals surface area contributed by atoms with Gasteiger partial charge in [0, 0.05) is 12.6 Å². The molecule has 0 saturated carbocycles. The molecule has 0 aromatic rings. The first-order chi connectivity index (χ1) is 5.88. The van der Waals surface area contributed by atoms with Gasteiger partial charge in [0.15, 0.2) is 0 Å². The maximum Gasteiger partial charge on any atom is 0.0161 e. The molecule has 0 aromatic heterocycles. The van der Waals surface area contributed by atoms with Gasteiger partial charge >= 0.3 is 0 Å². The van der Waals surface area contributed by atoms with E-state index < -0.39 is 0 Å². The van der Waals surface area contributed by atoms with Crippen LogP contribution in [0.15, 0.2) is 0 Å². The lowest BCUT2D eigenvalue weighted by molar-refractivity contribution is 0.243.